The maximum Gasteiger partial charge on any atom is 0.261 e. The van der Waals surface area contributed by atoms with Crippen LogP contribution in [0.2, 0.25) is 10.0 Å². The topological polar surface area (TPSA) is 84.5 Å². The molecule has 2 aromatic carbocycles. The summed E-state index contributed by atoms with van der Waals surface area (Å²) in [6, 6.07) is 10.6. The van der Waals surface area contributed by atoms with E-state index in [9.17, 15) is 13.2 Å². The first-order chi connectivity index (χ1) is 14.2. The van der Waals surface area contributed by atoms with Gasteiger partial charge >= 0.3 is 0 Å². The molecule has 2 aromatic rings. The third-order valence-corrected chi connectivity index (χ3v) is 6.89. The number of carbonyl (C=O) groups excluding carboxylic acids is 1. The molecule has 0 spiro atoms. The molecule has 0 unspecified atom stereocenters. The Hall–Kier alpha value is -1.96. The Kier molecular flexibility index (Phi) is 7.50. The Morgan fingerprint density at radius 3 is 2.40 bits per heavy atom. The van der Waals surface area contributed by atoms with Crippen molar-refractivity contribution in [3.8, 4) is 5.75 Å². The average Bonchev–Trinajstić information content (AvgIpc) is 2.71. The summed E-state index contributed by atoms with van der Waals surface area (Å²) in [5, 5.41) is 3.62. The molecule has 1 fully saturated rings. The molecule has 2 N–H and O–H groups in total. The van der Waals surface area contributed by atoms with E-state index in [0.717, 1.165) is 25.7 Å². The van der Waals surface area contributed by atoms with E-state index in [1.807, 2.05) is 0 Å². The van der Waals surface area contributed by atoms with Crippen molar-refractivity contribution in [2.24, 2.45) is 0 Å². The fourth-order valence-corrected chi connectivity index (χ4v) is 4.76. The first kappa shape index (κ1) is 22.7. The second kappa shape index (κ2) is 9.90. The molecule has 6 nitrogen and oxygen atoms in total. The molecule has 0 aromatic heterocycles. The SMILES string of the molecule is C[C@@H](Oc1ccc(S(=O)(=O)Nc2cc(Cl)ccc2Cl)cc1)C(=O)NC1CCCCC1. The predicted octanol–water partition coefficient (Wildman–Crippen LogP) is 5.01. The van der Waals surface area contributed by atoms with E-state index in [1.165, 1.54) is 42.8 Å². The van der Waals surface area contributed by atoms with Crippen LogP contribution >= 0.6 is 23.2 Å². The van der Waals surface area contributed by atoms with Crippen molar-refractivity contribution in [1.29, 1.82) is 0 Å². The van der Waals surface area contributed by atoms with Crippen LogP contribution in [-0.2, 0) is 14.8 Å². The molecule has 30 heavy (non-hydrogen) atoms. The molecule has 0 bridgehead atoms. The highest BCUT2D eigenvalue weighted by Gasteiger charge is 2.21. The zero-order valence-electron chi connectivity index (χ0n) is 16.5. The molecule has 3 rings (SSSR count). The van der Waals surface area contributed by atoms with Crippen LogP contribution in [0.5, 0.6) is 5.75 Å². The molecule has 0 radical (unpaired) electrons. The van der Waals surface area contributed by atoms with Crippen LogP contribution in [0.15, 0.2) is 47.4 Å². The molecule has 1 atom stereocenters. The van der Waals surface area contributed by atoms with Gasteiger partial charge in [0.05, 0.1) is 15.6 Å². The van der Waals surface area contributed by atoms with E-state index < -0.39 is 16.1 Å². The van der Waals surface area contributed by atoms with Gasteiger partial charge in [-0.3, -0.25) is 9.52 Å². The average molecular weight is 471 g/mol. The summed E-state index contributed by atoms with van der Waals surface area (Å²) in [4.78, 5) is 12.4. The number of ether oxygens (including phenoxy) is 1. The Balaban J connectivity index is 1.62. The van der Waals surface area contributed by atoms with E-state index in [2.05, 4.69) is 10.0 Å². The number of benzene rings is 2. The van der Waals surface area contributed by atoms with Gasteiger partial charge in [0.1, 0.15) is 5.75 Å². The van der Waals surface area contributed by atoms with Crippen LogP contribution in [-0.4, -0.2) is 26.5 Å². The molecule has 1 aliphatic rings. The Bertz CT molecular complexity index is 991. The second-order valence-corrected chi connectivity index (χ2v) is 9.83. The molecule has 162 valence electrons. The zero-order chi connectivity index (χ0) is 21.7. The normalized spacial score (nSPS) is 16.0. The lowest BCUT2D eigenvalue weighted by molar-refractivity contribution is -0.128. The first-order valence-electron chi connectivity index (χ1n) is 9.79. The number of hydrogen-bond donors (Lipinski definition) is 2. The number of nitrogens with one attached hydrogen (secondary N) is 2. The van der Waals surface area contributed by atoms with Gasteiger partial charge in [-0.15, -0.1) is 0 Å². The predicted molar refractivity (Wildman–Crippen MR) is 119 cm³/mol. The standard InChI is InChI=1S/C21H24Cl2N2O4S/c1-14(21(26)24-16-5-3-2-4-6-16)29-17-8-10-18(11-9-17)30(27,28)25-20-13-15(22)7-12-19(20)23/h7-14,16,25H,2-6H2,1H3,(H,24,26)/t14-/m1/s1. The van der Waals surface area contributed by atoms with Crippen LogP contribution in [0.3, 0.4) is 0 Å². The first-order valence-corrected chi connectivity index (χ1v) is 12.0. The number of sulfonamides is 1. The number of anilines is 1. The Morgan fingerprint density at radius 2 is 1.73 bits per heavy atom. The summed E-state index contributed by atoms with van der Waals surface area (Å²) in [6.07, 6.45) is 4.78. The van der Waals surface area contributed by atoms with Crippen molar-refractivity contribution in [3.63, 3.8) is 0 Å². The molecule has 1 saturated carbocycles. The smallest absolute Gasteiger partial charge is 0.261 e. The lowest BCUT2D eigenvalue weighted by Gasteiger charge is -2.24. The van der Waals surface area contributed by atoms with Gasteiger partial charge in [-0.2, -0.15) is 0 Å². The van der Waals surface area contributed by atoms with Gasteiger partial charge in [0.25, 0.3) is 15.9 Å². The van der Waals surface area contributed by atoms with Crippen LogP contribution in [0.25, 0.3) is 0 Å². The fraction of sp³-hybridized carbons (Fsp3) is 0.381. The van der Waals surface area contributed by atoms with E-state index in [4.69, 9.17) is 27.9 Å². The molecule has 0 saturated heterocycles. The van der Waals surface area contributed by atoms with Gasteiger partial charge in [0.2, 0.25) is 0 Å². The summed E-state index contributed by atoms with van der Waals surface area (Å²) >= 11 is 11.9. The molecule has 9 heteroatoms. The highest BCUT2D eigenvalue weighted by Crippen LogP contribution is 2.28. The zero-order valence-corrected chi connectivity index (χ0v) is 18.9. The van der Waals surface area contributed by atoms with Crippen molar-refractivity contribution in [2.45, 2.75) is 56.1 Å². The summed E-state index contributed by atoms with van der Waals surface area (Å²) in [7, 11) is -3.86. The number of carbonyl (C=O) groups is 1. The van der Waals surface area contributed by atoms with E-state index in [-0.39, 0.29) is 27.6 Å². The summed E-state index contributed by atoms with van der Waals surface area (Å²) in [6.45, 7) is 1.67. The van der Waals surface area contributed by atoms with Gasteiger partial charge in [-0.1, -0.05) is 42.5 Å². The minimum Gasteiger partial charge on any atom is -0.481 e. The minimum absolute atomic E-state index is 0.0326. The van der Waals surface area contributed by atoms with Crippen molar-refractivity contribution in [1.82, 2.24) is 5.32 Å². The summed E-state index contributed by atoms with van der Waals surface area (Å²) < 4.78 is 33.3. The van der Waals surface area contributed by atoms with E-state index in [0.29, 0.717) is 10.8 Å². The largest absolute Gasteiger partial charge is 0.481 e. The molecule has 0 heterocycles. The van der Waals surface area contributed by atoms with E-state index in [1.54, 1.807) is 13.0 Å². The monoisotopic (exact) mass is 470 g/mol. The molecular weight excluding hydrogens is 447 g/mol. The fourth-order valence-electron chi connectivity index (χ4n) is 3.30. The van der Waals surface area contributed by atoms with E-state index >= 15 is 0 Å². The Morgan fingerprint density at radius 1 is 1.07 bits per heavy atom. The molecular formula is C21H24Cl2N2O4S. The van der Waals surface area contributed by atoms with Crippen molar-refractivity contribution >= 4 is 44.8 Å². The maximum absolute atomic E-state index is 12.6. The van der Waals surface area contributed by atoms with Crippen molar-refractivity contribution < 1.29 is 17.9 Å². The summed E-state index contributed by atoms with van der Waals surface area (Å²) in [5.74, 6) is 0.233. The van der Waals surface area contributed by atoms with Gasteiger partial charge in [0, 0.05) is 11.1 Å². The minimum atomic E-state index is -3.86. The third-order valence-electron chi connectivity index (χ3n) is 4.94. The highest BCUT2D eigenvalue weighted by atomic mass is 35.5. The highest BCUT2D eigenvalue weighted by molar-refractivity contribution is 7.92. The molecule has 1 amide bonds. The van der Waals surface area contributed by atoms with Gasteiger partial charge in [0.15, 0.2) is 6.10 Å². The van der Waals surface area contributed by atoms with Gasteiger partial charge in [-0.05, 0) is 62.2 Å². The molecule has 1 aliphatic carbocycles. The van der Waals surface area contributed by atoms with Crippen LogP contribution in [0.4, 0.5) is 5.69 Å². The quantitative estimate of drug-likeness (QED) is 0.595. The van der Waals surface area contributed by atoms with Crippen LogP contribution < -0.4 is 14.8 Å². The van der Waals surface area contributed by atoms with Crippen molar-refractivity contribution in [3.05, 3.63) is 52.5 Å². The lowest BCUT2D eigenvalue weighted by atomic mass is 9.95. The van der Waals surface area contributed by atoms with Gasteiger partial charge < -0.3 is 10.1 Å². The van der Waals surface area contributed by atoms with Gasteiger partial charge in [-0.25, -0.2) is 8.42 Å². The van der Waals surface area contributed by atoms with Crippen molar-refractivity contribution in [2.75, 3.05) is 4.72 Å². The van der Waals surface area contributed by atoms with Crippen LogP contribution in [0, 0.1) is 0 Å². The maximum atomic E-state index is 12.6. The third kappa shape index (κ3) is 6.03. The lowest BCUT2D eigenvalue weighted by Crippen LogP contribution is -2.43. The number of rotatable bonds is 7. The number of halogens is 2. The number of amides is 1. The molecule has 0 aliphatic heterocycles. The Labute approximate surface area is 187 Å². The second-order valence-electron chi connectivity index (χ2n) is 7.30. The number of hydrogen-bond acceptors (Lipinski definition) is 4. The van der Waals surface area contributed by atoms with Crippen LogP contribution in [0.1, 0.15) is 39.0 Å². The summed E-state index contributed by atoms with van der Waals surface area (Å²) in [5.41, 5.74) is 0.192.